The van der Waals surface area contributed by atoms with Crippen LogP contribution >= 0.6 is 0 Å². The number of piperazine rings is 1. The number of carbonyl (C=O) groups is 1. The Morgan fingerprint density at radius 3 is 2.30 bits per heavy atom. The first-order valence-electron chi connectivity index (χ1n) is 8.27. The number of hydrogen-bond acceptors (Lipinski definition) is 3. The van der Waals surface area contributed by atoms with Crippen molar-refractivity contribution in [2.45, 2.75) is 58.5 Å². The Morgan fingerprint density at radius 2 is 1.75 bits per heavy atom. The molecule has 1 aliphatic carbocycles. The Hall–Kier alpha value is -0.610. The summed E-state index contributed by atoms with van der Waals surface area (Å²) in [5.41, 5.74) is 6.06. The fourth-order valence-corrected chi connectivity index (χ4v) is 3.67. The van der Waals surface area contributed by atoms with Crippen molar-refractivity contribution in [3.8, 4) is 0 Å². The summed E-state index contributed by atoms with van der Waals surface area (Å²) in [5.74, 6) is 0.994. The summed E-state index contributed by atoms with van der Waals surface area (Å²) in [6.45, 7) is 10.4. The Morgan fingerprint density at radius 1 is 1.10 bits per heavy atom. The minimum Gasteiger partial charge on any atom is -0.340 e. The molecule has 1 saturated carbocycles. The summed E-state index contributed by atoms with van der Waals surface area (Å²) < 4.78 is 0. The Kier molecular flexibility index (Phi) is 5.44. The van der Waals surface area contributed by atoms with Crippen LogP contribution in [0.15, 0.2) is 0 Å². The van der Waals surface area contributed by atoms with Crippen LogP contribution in [0.2, 0.25) is 0 Å². The highest BCUT2D eigenvalue weighted by molar-refractivity contribution is 5.79. The molecule has 0 bridgehead atoms. The smallest absolute Gasteiger partial charge is 0.225 e. The molecule has 2 rings (SSSR count). The van der Waals surface area contributed by atoms with E-state index in [4.69, 9.17) is 5.73 Å². The number of amides is 1. The molecule has 0 aromatic carbocycles. The number of carbonyl (C=O) groups excluding carboxylic acids is 1. The van der Waals surface area contributed by atoms with Gasteiger partial charge >= 0.3 is 0 Å². The van der Waals surface area contributed by atoms with E-state index in [-0.39, 0.29) is 5.92 Å². The van der Waals surface area contributed by atoms with Crippen LogP contribution in [0.4, 0.5) is 0 Å². The first-order valence-corrected chi connectivity index (χ1v) is 8.27. The molecule has 3 atom stereocenters. The van der Waals surface area contributed by atoms with E-state index >= 15 is 0 Å². The van der Waals surface area contributed by atoms with Gasteiger partial charge in [-0.3, -0.25) is 9.69 Å². The van der Waals surface area contributed by atoms with Gasteiger partial charge in [0.25, 0.3) is 0 Å². The van der Waals surface area contributed by atoms with E-state index in [1.165, 1.54) is 12.8 Å². The second kappa shape index (κ2) is 6.90. The number of nitrogens with two attached hydrogens (primary N) is 1. The van der Waals surface area contributed by atoms with Crippen LogP contribution in [-0.2, 0) is 4.79 Å². The highest BCUT2D eigenvalue weighted by atomic mass is 16.2. The van der Waals surface area contributed by atoms with Gasteiger partial charge in [-0.2, -0.15) is 0 Å². The van der Waals surface area contributed by atoms with Crippen LogP contribution in [0.25, 0.3) is 0 Å². The molecule has 0 spiro atoms. The van der Waals surface area contributed by atoms with E-state index in [2.05, 4.69) is 30.6 Å². The summed E-state index contributed by atoms with van der Waals surface area (Å²) in [4.78, 5) is 17.2. The van der Waals surface area contributed by atoms with E-state index < -0.39 is 0 Å². The quantitative estimate of drug-likeness (QED) is 0.856. The van der Waals surface area contributed by atoms with Crippen LogP contribution in [0.1, 0.15) is 46.5 Å². The van der Waals surface area contributed by atoms with Gasteiger partial charge in [0.15, 0.2) is 0 Å². The van der Waals surface area contributed by atoms with E-state index in [1.54, 1.807) is 0 Å². The van der Waals surface area contributed by atoms with Crippen molar-refractivity contribution in [1.29, 1.82) is 0 Å². The van der Waals surface area contributed by atoms with Gasteiger partial charge < -0.3 is 10.6 Å². The molecule has 4 heteroatoms. The van der Waals surface area contributed by atoms with Gasteiger partial charge in [-0.1, -0.05) is 13.3 Å². The van der Waals surface area contributed by atoms with E-state index in [9.17, 15) is 4.79 Å². The molecule has 2 fully saturated rings. The molecule has 20 heavy (non-hydrogen) atoms. The van der Waals surface area contributed by atoms with Crippen LogP contribution in [-0.4, -0.2) is 54.0 Å². The molecule has 1 aliphatic heterocycles. The highest BCUT2D eigenvalue weighted by Gasteiger charge is 2.32. The normalized spacial score (nSPS) is 30.6. The fourth-order valence-electron chi connectivity index (χ4n) is 3.67. The molecule has 0 aromatic heterocycles. The summed E-state index contributed by atoms with van der Waals surface area (Å²) in [6, 6.07) is 0.891. The lowest BCUT2D eigenvalue weighted by molar-refractivity contribution is -0.139. The largest absolute Gasteiger partial charge is 0.340 e. The van der Waals surface area contributed by atoms with Crippen LogP contribution in [0.5, 0.6) is 0 Å². The molecular weight excluding hydrogens is 250 g/mol. The Bertz CT molecular complexity index is 324. The monoisotopic (exact) mass is 281 g/mol. The number of rotatable bonds is 3. The predicted octanol–water partition coefficient (Wildman–Crippen LogP) is 1.69. The Labute approximate surface area is 123 Å². The average molecular weight is 281 g/mol. The van der Waals surface area contributed by atoms with Gasteiger partial charge in [0, 0.05) is 44.2 Å². The maximum atomic E-state index is 12.6. The van der Waals surface area contributed by atoms with E-state index in [0.29, 0.717) is 23.9 Å². The first-order chi connectivity index (χ1) is 9.49. The van der Waals surface area contributed by atoms with Crippen molar-refractivity contribution in [3.63, 3.8) is 0 Å². The molecule has 2 aliphatic rings. The van der Waals surface area contributed by atoms with Crippen LogP contribution in [0, 0.1) is 11.8 Å². The van der Waals surface area contributed by atoms with Crippen molar-refractivity contribution < 1.29 is 4.79 Å². The molecule has 1 heterocycles. The minimum absolute atomic E-state index is 0.145. The van der Waals surface area contributed by atoms with E-state index in [0.717, 1.165) is 39.0 Å². The van der Waals surface area contributed by atoms with Crippen LogP contribution < -0.4 is 5.73 Å². The molecule has 3 unspecified atom stereocenters. The SMILES string of the molecule is CC(C(=O)N1CCN(C(C)C)CC1)C1CCCC(N)C1. The highest BCUT2D eigenvalue weighted by Crippen LogP contribution is 2.30. The zero-order valence-corrected chi connectivity index (χ0v) is 13.3. The standard InChI is InChI=1S/C16H31N3O/c1-12(2)18-7-9-19(10-8-18)16(20)13(3)14-5-4-6-15(17)11-14/h12-15H,4-11,17H2,1-3H3. The molecule has 116 valence electrons. The molecule has 0 aromatic rings. The molecular formula is C16H31N3O. The number of hydrogen-bond donors (Lipinski definition) is 1. The average Bonchev–Trinajstić information content (AvgIpc) is 2.46. The van der Waals surface area contributed by atoms with Crippen LogP contribution in [0.3, 0.4) is 0 Å². The van der Waals surface area contributed by atoms with Gasteiger partial charge in [-0.15, -0.1) is 0 Å². The zero-order valence-electron chi connectivity index (χ0n) is 13.3. The molecule has 4 nitrogen and oxygen atoms in total. The molecule has 0 radical (unpaired) electrons. The summed E-state index contributed by atoms with van der Waals surface area (Å²) >= 11 is 0. The van der Waals surface area contributed by atoms with Gasteiger partial charge in [0.1, 0.15) is 0 Å². The summed E-state index contributed by atoms with van der Waals surface area (Å²) in [5, 5.41) is 0. The predicted molar refractivity (Wildman–Crippen MR) is 82.4 cm³/mol. The maximum Gasteiger partial charge on any atom is 0.225 e. The second-order valence-corrected chi connectivity index (χ2v) is 6.93. The third-order valence-corrected chi connectivity index (χ3v) is 5.21. The topological polar surface area (TPSA) is 49.6 Å². The van der Waals surface area contributed by atoms with Crippen molar-refractivity contribution >= 4 is 5.91 Å². The van der Waals surface area contributed by atoms with E-state index in [1.807, 2.05) is 0 Å². The summed E-state index contributed by atoms with van der Waals surface area (Å²) in [7, 11) is 0. The third kappa shape index (κ3) is 3.73. The lowest BCUT2D eigenvalue weighted by Gasteiger charge is -2.39. The third-order valence-electron chi connectivity index (χ3n) is 5.21. The van der Waals surface area contributed by atoms with Crippen molar-refractivity contribution in [2.75, 3.05) is 26.2 Å². The lowest BCUT2D eigenvalue weighted by Crippen LogP contribution is -2.52. The lowest BCUT2D eigenvalue weighted by atomic mass is 9.78. The van der Waals surface area contributed by atoms with Gasteiger partial charge in [0.2, 0.25) is 5.91 Å². The zero-order chi connectivity index (χ0) is 14.7. The maximum absolute atomic E-state index is 12.6. The Balaban J connectivity index is 1.85. The van der Waals surface area contributed by atoms with Crippen molar-refractivity contribution in [3.05, 3.63) is 0 Å². The van der Waals surface area contributed by atoms with Crippen molar-refractivity contribution in [2.24, 2.45) is 17.6 Å². The summed E-state index contributed by atoms with van der Waals surface area (Å²) in [6.07, 6.45) is 4.51. The molecule has 1 amide bonds. The molecule has 1 saturated heterocycles. The second-order valence-electron chi connectivity index (χ2n) is 6.93. The fraction of sp³-hybridized carbons (Fsp3) is 0.938. The number of nitrogens with zero attached hydrogens (tertiary/aromatic N) is 2. The van der Waals surface area contributed by atoms with Gasteiger partial charge in [0.05, 0.1) is 0 Å². The first kappa shape index (κ1) is 15.8. The van der Waals surface area contributed by atoms with Gasteiger partial charge in [-0.05, 0) is 39.0 Å². The minimum atomic E-state index is 0.145. The van der Waals surface area contributed by atoms with Crippen molar-refractivity contribution in [1.82, 2.24) is 9.80 Å². The molecule has 2 N–H and O–H groups in total. The van der Waals surface area contributed by atoms with Gasteiger partial charge in [-0.25, -0.2) is 0 Å².